The van der Waals surface area contributed by atoms with Crippen molar-refractivity contribution in [1.82, 2.24) is 9.97 Å². The second-order valence-corrected chi connectivity index (χ2v) is 4.91. The molecule has 0 aliphatic heterocycles. The molecule has 1 aromatic heterocycles. The average Bonchev–Trinajstić information content (AvgIpc) is 2.84. The standard InChI is InChI=1S/C15H18N2O3/c1-9(2)10-4-5-11(13(6-10)20-3)15-12(7-14(18)19)16-8-17-15/h4-6,8-9H,7H2,1-3H3,(H,16,17)(H,18,19). The van der Waals surface area contributed by atoms with Crippen molar-refractivity contribution >= 4 is 5.97 Å². The molecule has 5 heteroatoms. The quantitative estimate of drug-likeness (QED) is 0.879. The lowest BCUT2D eigenvalue weighted by Crippen LogP contribution is -2.02. The van der Waals surface area contributed by atoms with Crippen molar-refractivity contribution in [3.8, 4) is 17.0 Å². The Morgan fingerprint density at radius 3 is 2.80 bits per heavy atom. The van der Waals surface area contributed by atoms with E-state index in [1.165, 1.54) is 11.9 Å². The lowest BCUT2D eigenvalue weighted by Gasteiger charge is -2.12. The van der Waals surface area contributed by atoms with Crippen LogP contribution in [0.25, 0.3) is 11.3 Å². The summed E-state index contributed by atoms with van der Waals surface area (Å²) in [4.78, 5) is 18.0. The number of aromatic nitrogens is 2. The van der Waals surface area contributed by atoms with E-state index in [1.54, 1.807) is 7.11 Å². The molecule has 20 heavy (non-hydrogen) atoms. The van der Waals surface area contributed by atoms with Crippen molar-refractivity contribution in [1.29, 1.82) is 0 Å². The van der Waals surface area contributed by atoms with E-state index >= 15 is 0 Å². The number of aromatic amines is 1. The number of carboxylic acids is 1. The monoisotopic (exact) mass is 274 g/mol. The molecule has 0 saturated carbocycles. The molecule has 0 aliphatic rings. The number of benzene rings is 1. The van der Waals surface area contributed by atoms with Crippen LogP contribution in [0, 0.1) is 0 Å². The number of rotatable bonds is 5. The highest BCUT2D eigenvalue weighted by atomic mass is 16.5. The van der Waals surface area contributed by atoms with E-state index in [0.717, 1.165) is 5.56 Å². The van der Waals surface area contributed by atoms with Gasteiger partial charge in [0, 0.05) is 5.56 Å². The molecule has 106 valence electrons. The second-order valence-electron chi connectivity index (χ2n) is 4.91. The highest BCUT2D eigenvalue weighted by Gasteiger charge is 2.16. The van der Waals surface area contributed by atoms with Gasteiger partial charge in [-0.25, -0.2) is 4.98 Å². The van der Waals surface area contributed by atoms with Gasteiger partial charge >= 0.3 is 5.97 Å². The SMILES string of the molecule is COc1cc(C(C)C)ccc1-c1nc[nH]c1CC(=O)O. The van der Waals surface area contributed by atoms with Gasteiger partial charge in [-0.15, -0.1) is 0 Å². The summed E-state index contributed by atoms with van der Waals surface area (Å²) < 4.78 is 5.42. The summed E-state index contributed by atoms with van der Waals surface area (Å²) in [5, 5.41) is 8.92. The van der Waals surface area contributed by atoms with Crippen LogP contribution in [0.15, 0.2) is 24.5 Å². The number of carbonyl (C=O) groups is 1. The fourth-order valence-electron chi connectivity index (χ4n) is 2.10. The van der Waals surface area contributed by atoms with E-state index in [0.29, 0.717) is 23.1 Å². The summed E-state index contributed by atoms with van der Waals surface area (Å²) in [7, 11) is 1.60. The fourth-order valence-corrected chi connectivity index (χ4v) is 2.10. The maximum atomic E-state index is 10.9. The fraction of sp³-hybridized carbons (Fsp3) is 0.333. The molecule has 0 aliphatic carbocycles. The molecule has 2 rings (SSSR count). The molecule has 1 heterocycles. The molecule has 0 saturated heterocycles. The molecular formula is C15H18N2O3. The van der Waals surface area contributed by atoms with Crippen molar-refractivity contribution < 1.29 is 14.6 Å². The van der Waals surface area contributed by atoms with Gasteiger partial charge in [0.05, 0.1) is 31.2 Å². The molecule has 2 N–H and O–H groups in total. The minimum absolute atomic E-state index is 0.0928. The maximum Gasteiger partial charge on any atom is 0.309 e. The van der Waals surface area contributed by atoms with E-state index in [1.807, 2.05) is 18.2 Å². The first-order chi connectivity index (χ1) is 9.52. The number of aliphatic carboxylic acids is 1. The third kappa shape index (κ3) is 2.82. The first kappa shape index (κ1) is 14.1. The van der Waals surface area contributed by atoms with Crippen LogP contribution < -0.4 is 4.74 Å². The number of methoxy groups -OCH3 is 1. The van der Waals surface area contributed by atoms with E-state index < -0.39 is 5.97 Å². The van der Waals surface area contributed by atoms with Crippen molar-refractivity contribution in [2.75, 3.05) is 7.11 Å². The average molecular weight is 274 g/mol. The van der Waals surface area contributed by atoms with Crippen LogP contribution in [0.4, 0.5) is 0 Å². The molecule has 0 spiro atoms. The van der Waals surface area contributed by atoms with Crippen LogP contribution in [-0.4, -0.2) is 28.2 Å². The molecule has 0 bridgehead atoms. The summed E-state index contributed by atoms with van der Waals surface area (Å²) in [5.41, 5.74) is 3.17. The topological polar surface area (TPSA) is 75.2 Å². The van der Waals surface area contributed by atoms with Crippen LogP contribution in [0.1, 0.15) is 31.0 Å². The number of ether oxygens (including phenoxy) is 1. The molecule has 0 atom stereocenters. The first-order valence-electron chi connectivity index (χ1n) is 6.45. The molecule has 0 unspecified atom stereocenters. The second kappa shape index (κ2) is 5.77. The van der Waals surface area contributed by atoms with Crippen LogP contribution in [0.3, 0.4) is 0 Å². The van der Waals surface area contributed by atoms with Crippen LogP contribution in [-0.2, 0) is 11.2 Å². The predicted octanol–water partition coefficient (Wildman–Crippen LogP) is 2.84. The van der Waals surface area contributed by atoms with Gasteiger partial charge in [-0.3, -0.25) is 4.79 Å². The van der Waals surface area contributed by atoms with Gasteiger partial charge < -0.3 is 14.8 Å². The normalized spacial score (nSPS) is 10.8. The first-order valence-corrected chi connectivity index (χ1v) is 6.45. The third-order valence-corrected chi connectivity index (χ3v) is 3.19. The number of nitrogens with zero attached hydrogens (tertiary/aromatic N) is 1. The van der Waals surface area contributed by atoms with Crippen LogP contribution in [0.2, 0.25) is 0 Å². The van der Waals surface area contributed by atoms with Crippen molar-refractivity contribution in [3.05, 3.63) is 35.8 Å². The van der Waals surface area contributed by atoms with Gasteiger partial charge in [0.1, 0.15) is 5.75 Å². The lowest BCUT2D eigenvalue weighted by molar-refractivity contribution is -0.136. The minimum Gasteiger partial charge on any atom is -0.496 e. The van der Waals surface area contributed by atoms with E-state index in [9.17, 15) is 4.79 Å². The molecule has 5 nitrogen and oxygen atoms in total. The molecule has 2 aromatic rings. The number of hydrogen-bond acceptors (Lipinski definition) is 3. The summed E-state index contributed by atoms with van der Waals surface area (Å²) >= 11 is 0. The minimum atomic E-state index is -0.895. The van der Waals surface area contributed by atoms with Gasteiger partial charge in [0.25, 0.3) is 0 Å². The Morgan fingerprint density at radius 1 is 1.45 bits per heavy atom. The number of imidazole rings is 1. The maximum absolute atomic E-state index is 10.9. The molecule has 0 radical (unpaired) electrons. The summed E-state index contributed by atoms with van der Waals surface area (Å²) in [6.45, 7) is 4.22. The lowest BCUT2D eigenvalue weighted by atomic mass is 9.99. The van der Waals surface area contributed by atoms with E-state index in [2.05, 4.69) is 23.8 Å². The number of nitrogens with one attached hydrogen (secondary N) is 1. The van der Waals surface area contributed by atoms with Crippen LogP contribution >= 0.6 is 0 Å². The van der Waals surface area contributed by atoms with Gasteiger partial charge in [-0.2, -0.15) is 0 Å². The Morgan fingerprint density at radius 2 is 2.20 bits per heavy atom. The third-order valence-electron chi connectivity index (χ3n) is 3.19. The Labute approximate surface area is 117 Å². The summed E-state index contributed by atoms with van der Waals surface area (Å²) in [6, 6.07) is 5.91. The Hall–Kier alpha value is -2.30. The number of carboxylic acid groups (broad SMARTS) is 1. The van der Waals surface area contributed by atoms with E-state index in [4.69, 9.17) is 9.84 Å². The van der Waals surface area contributed by atoms with Gasteiger partial charge in [-0.05, 0) is 23.6 Å². The Kier molecular flexibility index (Phi) is 4.08. The molecule has 0 amide bonds. The highest BCUT2D eigenvalue weighted by molar-refractivity contribution is 5.76. The van der Waals surface area contributed by atoms with Gasteiger partial charge in [0.2, 0.25) is 0 Å². The van der Waals surface area contributed by atoms with Crippen LogP contribution in [0.5, 0.6) is 5.75 Å². The van der Waals surface area contributed by atoms with E-state index in [-0.39, 0.29) is 6.42 Å². The van der Waals surface area contributed by atoms with Gasteiger partial charge in [0.15, 0.2) is 0 Å². The zero-order chi connectivity index (χ0) is 14.7. The predicted molar refractivity (Wildman–Crippen MR) is 76.0 cm³/mol. The smallest absolute Gasteiger partial charge is 0.309 e. The largest absolute Gasteiger partial charge is 0.496 e. The number of hydrogen-bond donors (Lipinski definition) is 2. The number of H-pyrrole nitrogens is 1. The summed E-state index contributed by atoms with van der Waals surface area (Å²) in [5.74, 6) is 0.207. The van der Waals surface area contributed by atoms with Crippen molar-refractivity contribution in [2.24, 2.45) is 0 Å². The Bertz CT molecular complexity index is 617. The molecular weight excluding hydrogens is 256 g/mol. The van der Waals surface area contributed by atoms with Crippen molar-refractivity contribution in [2.45, 2.75) is 26.2 Å². The Balaban J connectivity index is 2.47. The zero-order valence-corrected chi connectivity index (χ0v) is 11.8. The van der Waals surface area contributed by atoms with Gasteiger partial charge in [-0.1, -0.05) is 19.9 Å². The molecule has 0 fully saturated rings. The molecule has 1 aromatic carbocycles. The zero-order valence-electron chi connectivity index (χ0n) is 11.8. The van der Waals surface area contributed by atoms with Crippen molar-refractivity contribution in [3.63, 3.8) is 0 Å². The highest BCUT2D eigenvalue weighted by Crippen LogP contribution is 2.33. The summed E-state index contributed by atoms with van der Waals surface area (Å²) in [6.07, 6.45) is 1.41.